The number of fused-ring (bicyclic) bond motifs is 1. The average molecular weight is 400 g/mol. The molecule has 0 bridgehead atoms. The van der Waals surface area contributed by atoms with Crippen LogP contribution in [0.2, 0.25) is 0 Å². The lowest BCUT2D eigenvalue weighted by Gasteiger charge is -2.38. The lowest BCUT2D eigenvalue weighted by Crippen LogP contribution is -2.30. The molecule has 0 unspecified atom stereocenters. The molecule has 0 radical (unpaired) electrons. The van der Waals surface area contributed by atoms with Gasteiger partial charge in [-0.15, -0.1) is 10.2 Å². The van der Waals surface area contributed by atoms with Gasteiger partial charge in [0.15, 0.2) is 5.82 Å². The third kappa shape index (κ3) is 2.99. The third-order valence-corrected chi connectivity index (χ3v) is 7.00. The van der Waals surface area contributed by atoms with Gasteiger partial charge in [-0.25, -0.2) is 0 Å². The molecule has 2 aromatic heterocycles. The van der Waals surface area contributed by atoms with Gasteiger partial charge in [-0.1, -0.05) is 63.3 Å². The molecule has 1 fully saturated rings. The van der Waals surface area contributed by atoms with Crippen LogP contribution >= 0.6 is 0 Å². The lowest BCUT2D eigenvalue weighted by atomic mass is 9.66. The molecule has 2 aliphatic carbocycles. The van der Waals surface area contributed by atoms with Gasteiger partial charge in [0.1, 0.15) is 0 Å². The maximum atomic E-state index is 4.89. The summed E-state index contributed by atoms with van der Waals surface area (Å²) in [6.07, 6.45) is 9.66. The Balaban J connectivity index is 1.53. The average Bonchev–Trinajstić information content (AvgIpc) is 3.35. The quantitative estimate of drug-likeness (QED) is 0.646. The van der Waals surface area contributed by atoms with E-state index in [1.54, 1.807) is 0 Å². The van der Waals surface area contributed by atoms with Gasteiger partial charge in [0, 0.05) is 28.9 Å². The second kappa shape index (κ2) is 6.34. The van der Waals surface area contributed by atoms with E-state index in [1.165, 1.54) is 27.9 Å². The molecule has 0 spiro atoms. The zero-order valence-electron chi connectivity index (χ0n) is 18.5. The van der Waals surface area contributed by atoms with Crippen LogP contribution in [0.5, 0.6) is 0 Å². The summed E-state index contributed by atoms with van der Waals surface area (Å²) < 4.78 is 0. The maximum Gasteiger partial charge on any atom is 0.178 e. The van der Waals surface area contributed by atoms with Crippen LogP contribution in [0.15, 0.2) is 42.6 Å². The number of allylic oxidation sites excluding steroid dienone is 2. The fraction of sp³-hybridized carbons (Fsp3) is 0.440. The van der Waals surface area contributed by atoms with Crippen molar-refractivity contribution in [3.63, 3.8) is 0 Å². The van der Waals surface area contributed by atoms with Crippen LogP contribution in [-0.2, 0) is 22.7 Å². The molecule has 5 rings (SSSR count). The number of hydrogen-bond acceptors (Lipinski definition) is 4. The number of pyridine rings is 1. The molecule has 5 nitrogen and oxygen atoms in total. The molecular weight excluding hydrogens is 370 g/mol. The Kier molecular flexibility index (Phi) is 4.05. The highest BCUT2D eigenvalue weighted by molar-refractivity contribution is 5.56. The zero-order valence-corrected chi connectivity index (χ0v) is 18.5. The van der Waals surface area contributed by atoms with Crippen molar-refractivity contribution in [3.8, 4) is 0 Å². The Morgan fingerprint density at radius 2 is 1.63 bits per heavy atom. The number of hydrogen-bond donors (Lipinski definition) is 1. The van der Waals surface area contributed by atoms with Crippen LogP contribution in [0.3, 0.4) is 0 Å². The van der Waals surface area contributed by atoms with Gasteiger partial charge in [-0.3, -0.25) is 4.98 Å². The summed E-state index contributed by atoms with van der Waals surface area (Å²) in [6.45, 7) is 11.5. The molecule has 1 saturated carbocycles. The fourth-order valence-electron chi connectivity index (χ4n) is 4.93. The van der Waals surface area contributed by atoms with Crippen molar-refractivity contribution in [3.05, 3.63) is 81.9 Å². The van der Waals surface area contributed by atoms with Crippen LogP contribution in [0, 0.1) is 6.92 Å². The van der Waals surface area contributed by atoms with E-state index in [1.807, 2.05) is 6.20 Å². The molecule has 154 valence electrons. The standard InChI is InChI=1S/C25H29N5/c1-16-12-19-20(24(4,5)9-8-23(19,2)3)14-18(16)25(10-11-25)21-7-6-17(15-26-21)13-22-27-29-30-28-22/h6-9,12,14-15H,10-11,13H2,1-5H3,(H,27,28,29,30). The Bertz CT molecular complexity index is 1120. The minimum absolute atomic E-state index is 0.0468. The summed E-state index contributed by atoms with van der Waals surface area (Å²) in [6, 6.07) is 9.26. The lowest BCUT2D eigenvalue weighted by molar-refractivity contribution is 0.560. The first-order valence-electron chi connectivity index (χ1n) is 10.8. The van der Waals surface area contributed by atoms with Crippen molar-refractivity contribution >= 4 is 0 Å². The van der Waals surface area contributed by atoms with E-state index >= 15 is 0 Å². The predicted molar refractivity (Wildman–Crippen MR) is 118 cm³/mol. The van der Waals surface area contributed by atoms with Crippen molar-refractivity contribution in [1.82, 2.24) is 25.6 Å². The van der Waals surface area contributed by atoms with E-state index in [0.717, 1.165) is 18.4 Å². The Hall–Kier alpha value is -2.82. The van der Waals surface area contributed by atoms with E-state index in [2.05, 4.69) is 91.7 Å². The van der Waals surface area contributed by atoms with Crippen LogP contribution in [0.4, 0.5) is 0 Å². The highest BCUT2D eigenvalue weighted by Gasteiger charge is 2.49. The molecule has 30 heavy (non-hydrogen) atoms. The van der Waals surface area contributed by atoms with Crippen LogP contribution < -0.4 is 0 Å². The molecule has 0 aliphatic heterocycles. The van der Waals surface area contributed by atoms with Crippen molar-refractivity contribution in [1.29, 1.82) is 0 Å². The molecule has 0 amide bonds. The van der Waals surface area contributed by atoms with Crippen LogP contribution in [-0.4, -0.2) is 25.6 Å². The topological polar surface area (TPSA) is 67.3 Å². The van der Waals surface area contributed by atoms with Crippen molar-refractivity contribution in [2.45, 2.75) is 70.1 Å². The number of nitrogens with zero attached hydrogens (tertiary/aromatic N) is 4. The highest BCUT2D eigenvalue weighted by Crippen LogP contribution is 2.55. The fourth-order valence-corrected chi connectivity index (χ4v) is 4.93. The molecule has 1 N–H and O–H groups in total. The first-order valence-corrected chi connectivity index (χ1v) is 10.8. The molecule has 3 aromatic rings. The van der Waals surface area contributed by atoms with Gasteiger partial charge in [-0.2, -0.15) is 5.21 Å². The van der Waals surface area contributed by atoms with Crippen LogP contribution in [0.1, 0.15) is 79.9 Å². The molecule has 0 atom stereocenters. The summed E-state index contributed by atoms with van der Waals surface area (Å²) in [4.78, 5) is 4.89. The number of H-pyrrole nitrogens is 1. The van der Waals surface area contributed by atoms with Gasteiger partial charge in [-0.05, 0) is 53.6 Å². The molecule has 2 aliphatic rings. The SMILES string of the molecule is Cc1cc2c(cc1C1(c3ccc(Cc4nn[nH]n4)cn3)CC1)C(C)(C)C=CC2(C)C. The largest absolute Gasteiger partial charge is 0.260 e. The summed E-state index contributed by atoms with van der Waals surface area (Å²) >= 11 is 0. The van der Waals surface area contributed by atoms with Crippen LogP contribution in [0.25, 0.3) is 0 Å². The summed E-state index contributed by atoms with van der Waals surface area (Å²) in [5.74, 6) is 0.689. The van der Waals surface area contributed by atoms with Crippen molar-refractivity contribution in [2.24, 2.45) is 0 Å². The van der Waals surface area contributed by atoms with E-state index in [0.29, 0.717) is 12.2 Å². The van der Waals surface area contributed by atoms with Crippen molar-refractivity contribution in [2.75, 3.05) is 0 Å². The Labute approximate surface area is 178 Å². The Morgan fingerprint density at radius 3 is 2.20 bits per heavy atom. The minimum atomic E-state index is 0.0468. The van der Waals surface area contributed by atoms with Crippen molar-refractivity contribution < 1.29 is 0 Å². The number of aromatic amines is 1. The van der Waals surface area contributed by atoms with E-state index in [9.17, 15) is 0 Å². The van der Waals surface area contributed by atoms with E-state index in [4.69, 9.17) is 4.98 Å². The van der Waals surface area contributed by atoms with Gasteiger partial charge in [0.05, 0.1) is 5.69 Å². The predicted octanol–water partition coefficient (Wildman–Crippen LogP) is 4.70. The monoisotopic (exact) mass is 399 g/mol. The molecule has 1 aromatic carbocycles. The first kappa shape index (κ1) is 19.2. The number of aryl methyl sites for hydroxylation is 1. The highest BCUT2D eigenvalue weighted by atomic mass is 15.5. The normalized spacial score (nSPS) is 20.0. The number of aromatic nitrogens is 5. The summed E-state index contributed by atoms with van der Waals surface area (Å²) in [5.41, 5.74) is 8.17. The zero-order chi connectivity index (χ0) is 21.1. The van der Waals surface area contributed by atoms with E-state index < -0.39 is 0 Å². The molecule has 0 saturated heterocycles. The maximum absolute atomic E-state index is 4.89. The van der Waals surface area contributed by atoms with Gasteiger partial charge >= 0.3 is 0 Å². The first-order chi connectivity index (χ1) is 14.2. The second-order valence-electron chi connectivity index (χ2n) is 10.1. The Morgan fingerprint density at radius 1 is 0.933 bits per heavy atom. The smallest absolute Gasteiger partial charge is 0.178 e. The molecule has 2 heterocycles. The summed E-state index contributed by atoms with van der Waals surface area (Å²) in [7, 11) is 0. The number of tetrazole rings is 1. The van der Waals surface area contributed by atoms with Gasteiger partial charge in [0.2, 0.25) is 0 Å². The number of nitrogens with one attached hydrogen (secondary N) is 1. The second-order valence-corrected chi connectivity index (χ2v) is 10.1. The van der Waals surface area contributed by atoms with Gasteiger partial charge < -0.3 is 0 Å². The summed E-state index contributed by atoms with van der Waals surface area (Å²) in [5, 5.41) is 14.2. The molecular formula is C25H29N5. The number of benzene rings is 1. The molecule has 5 heteroatoms. The minimum Gasteiger partial charge on any atom is -0.260 e. The number of rotatable bonds is 4. The third-order valence-electron chi connectivity index (χ3n) is 7.00. The van der Waals surface area contributed by atoms with Gasteiger partial charge in [0.25, 0.3) is 0 Å². The van der Waals surface area contributed by atoms with E-state index in [-0.39, 0.29) is 16.2 Å².